The van der Waals surface area contributed by atoms with Crippen LogP contribution in [-0.4, -0.2) is 28.8 Å². The molecule has 0 aliphatic carbocycles. The van der Waals surface area contributed by atoms with Gasteiger partial charge in [-0.25, -0.2) is 4.39 Å². The molecule has 0 radical (unpaired) electrons. The molecule has 2 amide bonds. The number of benzene rings is 2. The third kappa shape index (κ3) is 5.91. The Hall–Kier alpha value is -2.69. The summed E-state index contributed by atoms with van der Waals surface area (Å²) in [4.78, 5) is 27.1. The first-order valence-corrected chi connectivity index (χ1v) is 9.29. The molecule has 0 saturated heterocycles. The van der Waals surface area contributed by atoms with Crippen LogP contribution in [0.1, 0.15) is 38.3 Å². The van der Waals surface area contributed by atoms with Crippen molar-refractivity contribution in [3.8, 4) is 0 Å². The van der Waals surface area contributed by atoms with Crippen molar-refractivity contribution in [2.45, 2.75) is 52.2 Å². The highest BCUT2D eigenvalue weighted by Crippen LogP contribution is 2.17. The fraction of sp³-hybridized carbons (Fsp3) is 0.364. The molecule has 1 atom stereocenters. The number of hydrogen-bond acceptors (Lipinski definition) is 2. The third-order valence-electron chi connectivity index (χ3n) is 4.30. The van der Waals surface area contributed by atoms with E-state index in [1.807, 2.05) is 44.2 Å². The standard InChI is InChI=1S/C22H27FN2O2/c1-4-21(26)25(15-18-12-8-9-13-19(18)23)20(22(27)24-16(2)3)14-17-10-6-5-7-11-17/h5-13,16,20H,4,14-15H2,1-3H3,(H,24,27)/t20-/m1/s1. The highest BCUT2D eigenvalue weighted by molar-refractivity contribution is 5.88. The average molecular weight is 370 g/mol. The van der Waals surface area contributed by atoms with Gasteiger partial charge in [-0.05, 0) is 25.5 Å². The minimum absolute atomic E-state index is 0.0530. The van der Waals surface area contributed by atoms with E-state index >= 15 is 0 Å². The summed E-state index contributed by atoms with van der Waals surface area (Å²) in [5.74, 6) is -0.792. The molecule has 0 aliphatic rings. The van der Waals surface area contributed by atoms with Crippen LogP contribution in [-0.2, 0) is 22.6 Å². The molecular formula is C22H27FN2O2. The fourth-order valence-electron chi connectivity index (χ4n) is 2.95. The molecule has 4 nitrogen and oxygen atoms in total. The lowest BCUT2D eigenvalue weighted by Crippen LogP contribution is -2.51. The molecule has 0 aromatic heterocycles. The average Bonchev–Trinajstić information content (AvgIpc) is 2.65. The summed E-state index contributed by atoms with van der Waals surface area (Å²) in [6, 6.07) is 15.1. The van der Waals surface area contributed by atoms with Crippen molar-refractivity contribution >= 4 is 11.8 Å². The first kappa shape index (κ1) is 20.6. The number of nitrogens with zero attached hydrogens (tertiary/aromatic N) is 1. The number of carbonyl (C=O) groups is 2. The maximum atomic E-state index is 14.2. The van der Waals surface area contributed by atoms with Gasteiger partial charge in [0.1, 0.15) is 11.9 Å². The van der Waals surface area contributed by atoms with Gasteiger partial charge in [0.25, 0.3) is 0 Å². The van der Waals surface area contributed by atoms with Gasteiger partial charge in [0.05, 0.1) is 0 Å². The Morgan fingerprint density at radius 2 is 1.67 bits per heavy atom. The van der Waals surface area contributed by atoms with Gasteiger partial charge in [-0.3, -0.25) is 9.59 Å². The van der Waals surface area contributed by atoms with E-state index in [9.17, 15) is 14.0 Å². The quantitative estimate of drug-likeness (QED) is 0.770. The second-order valence-electron chi connectivity index (χ2n) is 6.84. The molecule has 0 heterocycles. The number of amides is 2. The largest absolute Gasteiger partial charge is 0.352 e. The third-order valence-corrected chi connectivity index (χ3v) is 4.30. The first-order valence-electron chi connectivity index (χ1n) is 9.29. The first-order chi connectivity index (χ1) is 12.9. The number of halogens is 1. The molecule has 2 aromatic carbocycles. The Bertz CT molecular complexity index is 762. The molecule has 0 unspecified atom stereocenters. The monoisotopic (exact) mass is 370 g/mol. The predicted molar refractivity (Wildman–Crippen MR) is 104 cm³/mol. The van der Waals surface area contributed by atoms with Gasteiger partial charge in [-0.15, -0.1) is 0 Å². The van der Waals surface area contributed by atoms with Crippen molar-refractivity contribution in [3.63, 3.8) is 0 Å². The molecular weight excluding hydrogens is 343 g/mol. The summed E-state index contributed by atoms with van der Waals surface area (Å²) in [6.45, 7) is 5.56. The van der Waals surface area contributed by atoms with Crippen LogP contribution in [0.15, 0.2) is 54.6 Å². The van der Waals surface area contributed by atoms with Crippen LogP contribution in [0.4, 0.5) is 4.39 Å². The lowest BCUT2D eigenvalue weighted by Gasteiger charge is -2.32. The zero-order valence-corrected chi connectivity index (χ0v) is 16.1. The second-order valence-corrected chi connectivity index (χ2v) is 6.84. The molecule has 2 rings (SSSR count). The molecule has 0 saturated carbocycles. The Balaban J connectivity index is 2.37. The van der Waals surface area contributed by atoms with E-state index in [4.69, 9.17) is 0 Å². The number of nitrogens with one attached hydrogen (secondary N) is 1. The van der Waals surface area contributed by atoms with Crippen molar-refractivity contribution in [3.05, 3.63) is 71.5 Å². The summed E-state index contributed by atoms with van der Waals surface area (Å²) >= 11 is 0. The van der Waals surface area contributed by atoms with E-state index in [0.717, 1.165) is 5.56 Å². The molecule has 0 aliphatic heterocycles. The van der Waals surface area contributed by atoms with Crippen LogP contribution in [0, 0.1) is 5.82 Å². The number of carbonyl (C=O) groups excluding carboxylic acids is 2. The summed E-state index contributed by atoms with van der Waals surface area (Å²) < 4.78 is 14.2. The maximum Gasteiger partial charge on any atom is 0.243 e. The SMILES string of the molecule is CCC(=O)N(Cc1ccccc1F)[C@H](Cc1ccccc1)C(=O)NC(C)C. The normalized spacial score (nSPS) is 11.9. The smallest absolute Gasteiger partial charge is 0.243 e. The van der Waals surface area contributed by atoms with E-state index in [1.54, 1.807) is 25.1 Å². The zero-order valence-electron chi connectivity index (χ0n) is 16.1. The van der Waals surface area contributed by atoms with Crippen molar-refractivity contribution in [1.82, 2.24) is 10.2 Å². The molecule has 2 aromatic rings. The van der Waals surface area contributed by atoms with E-state index in [1.165, 1.54) is 11.0 Å². The molecule has 1 N–H and O–H groups in total. The van der Waals surface area contributed by atoms with Gasteiger partial charge in [-0.2, -0.15) is 0 Å². The van der Waals surface area contributed by atoms with Crippen LogP contribution < -0.4 is 5.32 Å². The molecule has 144 valence electrons. The zero-order chi connectivity index (χ0) is 19.8. The molecule has 0 spiro atoms. The van der Waals surface area contributed by atoms with Gasteiger partial charge < -0.3 is 10.2 Å². The van der Waals surface area contributed by atoms with Gasteiger partial charge in [0.15, 0.2) is 0 Å². The topological polar surface area (TPSA) is 49.4 Å². The van der Waals surface area contributed by atoms with Crippen molar-refractivity contribution < 1.29 is 14.0 Å². The van der Waals surface area contributed by atoms with Crippen LogP contribution in [0.25, 0.3) is 0 Å². The van der Waals surface area contributed by atoms with Gasteiger partial charge in [-0.1, -0.05) is 55.5 Å². The lowest BCUT2D eigenvalue weighted by molar-refractivity contribution is -0.141. The van der Waals surface area contributed by atoms with E-state index in [0.29, 0.717) is 12.0 Å². The van der Waals surface area contributed by atoms with E-state index in [2.05, 4.69) is 5.32 Å². The van der Waals surface area contributed by atoms with Crippen LogP contribution in [0.5, 0.6) is 0 Å². The van der Waals surface area contributed by atoms with Crippen LogP contribution in [0.3, 0.4) is 0 Å². The number of rotatable bonds is 8. The lowest BCUT2D eigenvalue weighted by atomic mass is 10.0. The van der Waals surface area contributed by atoms with Crippen molar-refractivity contribution in [1.29, 1.82) is 0 Å². The Morgan fingerprint density at radius 1 is 1.04 bits per heavy atom. The van der Waals surface area contributed by atoms with Gasteiger partial charge in [0, 0.05) is 31.0 Å². The summed E-state index contributed by atoms with van der Waals surface area (Å²) in [6.07, 6.45) is 0.619. The van der Waals surface area contributed by atoms with Crippen molar-refractivity contribution in [2.75, 3.05) is 0 Å². The molecule has 0 bridgehead atoms. The van der Waals surface area contributed by atoms with Gasteiger partial charge in [0.2, 0.25) is 11.8 Å². The molecule has 5 heteroatoms. The van der Waals surface area contributed by atoms with Crippen LogP contribution in [0.2, 0.25) is 0 Å². The maximum absolute atomic E-state index is 14.2. The fourth-order valence-corrected chi connectivity index (χ4v) is 2.95. The summed E-state index contributed by atoms with van der Waals surface area (Å²) in [5, 5.41) is 2.90. The minimum atomic E-state index is -0.707. The predicted octanol–water partition coefficient (Wildman–Crippen LogP) is 3.70. The Labute approximate surface area is 160 Å². The van der Waals surface area contributed by atoms with Crippen molar-refractivity contribution in [2.24, 2.45) is 0 Å². The summed E-state index contributed by atoms with van der Waals surface area (Å²) in [7, 11) is 0. The van der Waals surface area contributed by atoms with E-state index < -0.39 is 6.04 Å². The van der Waals surface area contributed by atoms with Crippen LogP contribution >= 0.6 is 0 Å². The molecule has 27 heavy (non-hydrogen) atoms. The Morgan fingerprint density at radius 3 is 2.26 bits per heavy atom. The number of hydrogen-bond donors (Lipinski definition) is 1. The molecule has 0 fully saturated rings. The summed E-state index contributed by atoms with van der Waals surface area (Å²) in [5.41, 5.74) is 1.35. The minimum Gasteiger partial charge on any atom is -0.352 e. The van der Waals surface area contributed by atoms with Gasteiger partial charge >= 0.3 is 0 Å². The van der Waals surface area contributed by atoms with E-state index in [-0.39, 0.29) is 36.6 Å². The Kier molecular flexibility index (Phi) is 7.53. The highest BCUT2D eigenvalue weighted by Gasteiger charge is 2.30. The highest BCUT2D eigenvalue weighted by atomic mass is 19.1. The second kappa shape index (κ2) is 9.86.